The van der Waals surface area contributed by atoms with Gasteiger partial charge in [0.15, 0.2) is 0 Å². The van der Waals surface area contributed by atoms with Crippen molar-refractivity contribution in [2.24, 2.45) is 0 Å². The highest BCUT2D eigenvalue weighted by atomic mass is 28.3. The van der Waals surface area contributed by atoms with Gasteiger partial charge in [0.25, 0.3) is 0 Å². The lowest BCUT2D eigenvalue weighted by molar-refractivity contribution is -0.122. The van der Waals surface area contributed by atoms with E-state index in [9.17, 15) is 15.0 Å². The van der Waals surface area contributed by atoms with Crippen LogP contribution in [0.25, 0.3) is 0 Å². The molecule has 0 aliphatic rings. The molecule has 148 valence electrons. The average Bonchev–Trinajstić information content (AvgIpc) is 2.58. The minimum absolute atomic E-state index is 0.258. The minimum atomic E-state index is -0.975. The predicted octanol–water partition coefficient (Wildman–Crippen LogP) is 2.98. The molecule has 0 radical (unpaired) electrons. The van der Waals surface area contributed by atoms with E-state index in [0.29, 0.717) is 12.8 Å². The van der Waals surface area contributed by atoms with Gasteiger partial charge in [-0.2, -0.15) is 0 Å². The van der Waals surface area contributed by atoms with Gasteiger partial charge >= 0.3 is 0 Å². The number of nitrogens with one attached hydrogen (secondary N) is 1. The zero-order chi connectivity index (χ0) is 19.6. The Kier molecular flexibility index (Phi) is 9.33. The summed E-state index contributed by atoms with van der Waals surface area (Å²) in [6, 6.07) is 9.22. The average molecular weight is 382 g/mol. The van der Waals surface area contributed by atoms with Gasteiger partial charge in [0.05, 0.1) is 25.4 Å². The van der Waals surface area contributed by atoms with E-state index in [1.165, 1.54) is 19.4 Å². The summed E-state index contributed by atoms with van der Waals surface area (Å²) in [6.45, 7) is 8.71. The summed E-state index contributed by atoms with van der Waals surface area (Å²) in [7, 11) is -0.953. The zero-order valence-electron chi connectivity index (χ0n) is 16.7. The highest BCUT2D eigenvalue weighted by Gasteiger charge is 2.29. The molecule has 0 saturated heterocycles. The third-order valence-corrected chi connectivity index (χ3v) is 6.31. The summed E-state index contributed by atoms with van der Waals surface area (Å²) in [6.07, 6.45) is 3.42. The Morgan fingerprint density at radius 2 is 1.73 bits per heavy atom. The molecule has 0 fully saturated rings. The Hall–Kier alpha value is -1.37. The first-order valence-electron chi connectivity index (χ1n) is 9.42. The van der Waals surface area contributed by atoms with Crippen molar-refractivity contribution in [2.75, 3.05) is 19.8 Å². The van der Waals surface area contributed by atoms with E-state index >= 15 is 0 Å². The van der Waals surface area contributed by atoms with Gasteiger partial charge in [-0.3, -0.25) is 4.79 Å². The number of aliphatic hydroxyl groups is 2. The SMILES string of the molecule is CC(=O)NC(CO)(CO)CCc1ccc(OCCCC[Si](C)(C)C)cc1. The summed E-state index contributed by atoms with van der Waals surface area (Å²) < 4.78 is 5.79. The second kappa shape index (κ2) is 10.7. The predicted molar refractivity (Wildman–Crippen MR) is 108 cm³/mol. The van der Waals surface area contributed by atoms with Crippen molar-refractivity contribution in [3.63, 3.8) is 0 Å². The molecule has 5 nitrogen and oxygen atoms in total. The van der Waals surface area contributed by atoms with Crippen LogP contribution in [0.5, 0.6) is 5.75 Å². The van der Waals surface area contributed by atoms with Crippen molar-refractivity contribution in [3.05, 3.63) is 29.8 Å². The number of ether oxygens (including phenoxy) is 1. The smallest absolute Gasteiger partial charge is 0.217 e. The number of rotatable bonds is 12. The highest BCUT2D eigenvalue weighted by molar-refractivity contribution is 6.76. The molecule has 6 heteroatoms. The fraction of sp³-hybridized carbons (Fsp3) is 0.650. The van der Waals surface area contributed by atoms with Crippen molar-refractivity contribution in [1.82, 2.24) is 5.32 Å². The zero-order valence-corrected chi connectivity index (χ0v) is 17.7. The molecule has 0 aliphatic heterocycles. The Morgan fingerprint density at radius 1 is 1.12 bits per heavy atom. The molecule has 0 atom stereocenters. The van der Waals surface area contributed by atoms with Gasteiger partial charge in [0.2, 0.25) is 5.91 Å². The number of amides is 1. The van der Waals surface area contributed by atoms with Gasteiger partial charge in [-0.15, -0.1) is 0 Å². The van der Waals surface area contributed by atoms with Crippen LogP contribution >= 0.6 is 0 Å². The van der Waals surface area contributed by atoms with Crippen molar-refractivity contribution in [3.8, 4) is 5.75 Å². The molecule has 0 unspecified atom stereocenters. The van der Waals surface area contributed by atoms with Gasteiger partial charge in [-0.25, -0.2) is 0 Å². The maximum atomic E-state index is 11.3. The van der Waals surface area contributed by atoms with Crippen LogP contribution in [0.15, 0.2) is 24.3 Å². The lowest BCUT2D eigenvalue weighted by Crippen LogP contribution is -2.53. The second-order valence-corrected chi connectivity index (χ2v) is 13.9. The summed E-state index contributed by atoms with van der Waals surface area (Å²) in [5.41, 5.74) is 0.102. The molecular formula is C20H35NO4Si. The maximum Gasteiger partial charge on any atom is 0.217 e. The molecular weight excluding hydrogens is 346 g/mol. The first-order chi connectivity index (χ1) is 12.2. The largest absolute Gasteiger partial charge is 0.494 e. The van der Waals surface area contributed by atoms with Crippen LogP contribution in [0.4, 0.5) is 0 Å². The van der Waals surface area contributed by atoms with Crippen molar-refractivity contribution in [1.29, 1.82) is 0 Å². The monoisotopic (exact) mass is 381 g/mol. The molecule has 0 aliphatic carbocycles. The maximum absolute atomic E-state index is 11.3. The Labute approximate surface area is 158 Å². The highest BCUT2D eigenvalue weighted by Crippen LogP contribution is 2.18. The molecule has 1 amide bonds. The van der Waals surface area contributed by atoms with E-state index < -0.39 is 13.6 Å². The van der Waals surface area contributed by atoms with Crippen LogP contribution in [0, 0.1) is 0 Å². The van der Waals surface area contributed by atoms with Crippen LogP contribution in [0.1, 0.15) is 31.7 Å². The molecule has 0 heterocycles. The molecule has 1 aromatic carbocycles. The van der Waals surface area contributed by atoms with Crippen molar-refractivity contribution in [2.45, 2.75) is 63.8 Å². The number of benzene rings is 1. The van der Waals surface area contributed by atoms with E-state index in [2.05, 4.69) is 25.0 Å². The number of hydrogen-bond donors (Lipinski definition) is 3. The topological polar surface area (TPSA) is 78.8 Å². The number of carbonyl (C=O) groups is 1. The van der Waals surface area contributed by atoms with E-state index in [4.69, 9.17) is 4.74 Å². The first-order valence-corrected chi connectivity index (χ1v) is 13.1. The fourth-order valence-corrected chi connectivity index (χ4v) is 4.12. The Bertz CT molecular complexity index is 536. The standard InChI is InChI=1S/C20H35NO4Si/c1-17(24)21-20(15-22,16-23)12-11-18-7-9-19(10-8-18)25-13-5-6-14-26(2,3)4/h7-10,22-23H,5-6,11-16H2,1-4H3,(H,21,24). The fourth-order valence-electron chi connectivity index (χ4n) is 2.81. The Balaban J connectivity index is 2.43. The molecule has 3 N–H and O–H groups in total. The van der Waals surface area contributed by atoms with Crippen LogP contribution in [-0.4, -0.2) is 49.6 Å². The third kappa shape index (κ3) is 8.83. The molecule has 26 heavy (non-hydrogen) atoms. The normalized spacial score (nSPS) is 12.1. The minimum Gasteiger partial charge on any atom is -0.494 e. The van der Waals surface area contributed by atoms with Gasteiger partial charge in [-0.05, 0) is 37.0 Å². The molecule has 0 spiro atoms. The summed E-state index contributed by atoms with van der Waals surface area (Å²) in [5, 5.41) is 21.8. The molecule has 0 bridgehead atoms. The van der Waals surface area contributed by atoms with Gasteiger partial charge in [-0.1, -0.05) is 44.2 Å². The van der Waals surface area contributed by atoms with E-state index in [0.717, 1.165) is 24.3 Å². The summed E-state index contributed by atoms with van der Waals surface area (Å²) in [5.74, 6) is 0.602. The molecule has 0 saturated carbocycles. The second-order valence-electron chi connectivity index (χ2n) is 8.29. The third-order valence-electron chi connectivity index (χ3n) is 4.45. The van der Waals surface area contributed by atoms with Gasteiger partial charge in [0.1, 0.15) is 5.75 Å². The van der Waals surface area contributed by atoms with Crippen LogP contribution < -0.4 is 10.1 Å². The van der Waals surface area contributed by atoms with Crippen LogP contribution in [0.2, 0.25) is 25.7 Å². The van der Waals surface area contributed by atoms with E-state index in [1.54, 1.807) is 0 Å². The first kappa shape index (κ1) is 22.7. The molecule has 1 aromatic rings. The summed E-state index contributed by atoms with van der Waals surface area (Å²) in [4.78, 5) is 11.3. The van der Waals surface area contributed by atoms with Crippen molar-refractivity contribution < 1.29 is 19.7 Å². The number of aryl methyl sites for hydroxylation is 1. The van der Waals surface area contributed by atoms with Crippen LogP contribution in [0.3, 0.4) is 0 Å². The van der Waals surface area contributed by atoms with E-state index in [-0.39, 0.29) is 19.1 Å². The molecule has 0 aromatic heterocycles. The lowest BCUT2D eigenvalue weighted by Gasteiger charge is -2.30. The number of unbranched alkanes of at least 4 members (excludes halogenated alkanes) is 1. The summed E-state index contributed by atoms with van der Waals surface area (Å²) >= 11 is 0. The van der Waals surface area contributed by atoms with Crippen LogP contribution in [-0.2, 0) is 11.2 Å². The number of aliphatic hydroxyl groups excluding tert-OH is 2. The number of hydrogen-bond acceptors (Lipinski definition) is 4. The molecule has 1 rings (SSSR count). The van der Waals surface area contributed by atoms with Gasteiger partial charge < -0.3 is 20.3 Å². The van der Waals surface area contributed by atoms with Gasteiger partial charge in [0, 0.05) is 15.0 Å². The van der Waals surface area contributed by atoms with Crippen molar-refractivity contribution >= 4 is 14.0 Å². The number of carbonyl (C=O) groups excluding carboxylic acids is 1. The quantitative estimate of drug-likeness (QED) is 0.384. The Morgan fingerprint density at radius 3 is 2.23 bits per heavy atom. The lowest BCUT2D eigenvalue weighted by atomic mass is 9.92. The van der Waals surface area contributed by atoms with E-state index in [1.807, 2.05) is 24.3 Å².